The number of benzene rings is 2. The Hall–Kier alpha value is -2.31. The molecule has 0 bridgehead atoms. The molecule has 0 radical (unpaired) electrons. The zero-order valence-electron chi connectivity index (χ0n) is 16.3. The molecule has 0 unspecified atom stereocenters. The van der Waals surface area contributed by atoms with Crippen LogP contribution in [-0.4, -0.2) is 26.4 Å². The molecule has 2 aromatic rings. The minimum Gasteiger partial charge on any atom is -0.347 e. The summed E-state index contributed by atoms with van der Waals surface area (Å²) in [5.74, 6) is -0.629. The second-order valence-corrected chi connectivity index (χ2v) is 9.84. The third kappa shape index (κ3) is 3.66. The highest BCUT2D eigenvalue weighted by Crippen LogP contribution is 2.43. The molecule has 0 aliphatic carbocycles. The minimum absolute atomic E-state index is 0.200. The lowest BCUT2D eigenvalue weighted by atomic mass is 9.95. The first-order valence-corrected chi connectivity index (χ1v) is 10.8. The predicted octanol–water partition coefficient (Wildman–Crippen LogP) is 4.18. The van der Waals surface area contributed by atoms with Crippen molar-refractivity contribution >= 4 is 38.8 Å². The van der Waals surface area contributed by atoms with Gasteiger partial charge in [0.25, 0.3) is 15.9 Å². The summed E-state index contributed by atoms with van der Waals surface area (Å²) in [5, 5.41) is 3.27. The summed E-state index contributed by atoms with van der Waals surface area (Å²) in [7, 11) is -4.05. The van der Waals surface area contributed by atoms with Crippen LogP contribution in [0.5, 0.6) is 0 Å². The maximum Gasteiger partial charge on any atom is 0.270 e. The molecule has 1 aliphatic heterocycles. The van der Waals surface area contributed by atoms with E-state index in [4.69, 9.17) is 11.6 Å². The number of amides is 1. The predicted molar refractivity (Wildman–Crippen MR) is 114 cm³/mol. The number of carbonyl (C=O) groups is 1. The monoisotopic (exact) mass is 418 g/mol. The molecule has 0 spiro atoms. The average Bonchev–Trinajstić information content (AvgIpc) is 2.59. The van der Waals surface area contributed by atoms with Gasteiger partial charge in [-0.25, -0.2) is 8.42 Å². The zero-order valence-corrected chi connectivity index (χ0v) is 17.9. The van der Waals surface area contributed by atoms with Crippen molar-refractivity contribution in [3.63, 3.8) is 0 Å². The Bertz CT molecular complexity index is 1050. The molecule has 0 atom stereocenters. The molecular weight excluding hydrogens is 396 g/mol. The lowest BCUT2D eigenvalue weighted by Crippen LogP contribution is -2.46. The Kier molecular flexibility index (Phi) is 5.30. The van der Waals surface area contributed by atoms with Crippen LogP contribution < -0.4 is 9.62 Å². The molecule has 1 heterocycles. The molecular formula is C21H23ClN2O3S. The number of nitrogens with zero attached hydrogens (tertiary/aromatic N) is 1. The van der Waals surface area contributed by atoms with E-state index >= 15 is 0 Å². The maximum atomic E-state index is 13.5. The van der Waals surface area contributed by atoms with Crippen molar-refractivity contribution in [1.82, 2.24) is 5.32 Å². The fourth-order valence-corrected chi connectivity index (χ4v) is 5.20. The SMILES string of the molecule is CCN1c2ccc(Cl)cc2C(c2ccccc2)=C(C(=O)NC(C)(C)C)S1(=O)=O. The Labute approximate surface area is 171 Å². The highest BCUT2D eigenvalue weighted by Gasteiger charge is 2.41. The molecule has 0 saturated heterocycles. The van der Waals surface area contributed by atoms with Gasteiger partial charge in [-0.05, 0) is 51.5 Å². The van der Waals surface area contributed by atoms with Crippen molar-refractivity contribution in [2.24, 2.45) is 0 Å². The van der Waals surface area contributed by atoms with Crippen LogP contribution in [0.25, 0.3) is 5.57 Å². The molecule has 148 valence electrons. The van der Waals surface area contributed by atoms with Crippen molar-refractivity contribution in [2.45, 2.75) is 33.2 Å². The van der Waals surface area contributed by atoms with Gasteiger partial charge in [0.05, 0.1) is 5.69 Å². The van der Waals surface area contributed by atoms with Crippen molar-refractivity contribution in [3.8, 4) is 0 Å². The van der Waals surface area contributed by atoms with Crippen LogP contribution in [0.15, 0.2) is 53.4 Å². The number of rotatable bonds is 3. The minimum atomic E-state index is -4.05. The topological polar surface area (TPSA) is 66.5 Å². The van der Waals surface area contributed by atoms with Gasteiger partial charge in [0, 0.05) is 28.2 Å². The maximum absolute atomic E-state index is 13.5. The van der Waals surface area contributed by atoms with Crippen LogP contribution in [0.3, 0.4) is 0 Å². The number of anilines is 1. The van der Waals surface area contributed by atoms with E-state index in [0.29, 0.717) is 27.4 Å². The Balaban J connectivity index is 2.42. The second kappa shape index (κ2) is 7.26. The molecule has 0 fully saturated rings. The van der Waals surface area contributed by atoms with Gasteiger partial charge in [-0.15, -0.1) is 0 Å². The van der Waals surface area contributed by atoms with Gasteiger partial charge >= 0.3 is 0 Å². The summed E-state index contributed by atoms with van der Waals surface area (Å²) >= 11 is 6.23. The van der Waals surface area contributed by atoms with E-state index in [-0.39, 0.29) is 11.4 Å². The van der Waals surface area contributed by atoms with E-state index in [1.807, 2.05) is 39.0 Å². The van der Waals surface area contributed by atoms with E-state index in [2.05, 4.69) is 5.32 Å². The molecule has 1 N–H and O–H groups in total. The summed E-state index contributed by atoms with van der Waals surface area (Å²) in [4.78, 5) is 12.9. The van der Waals surface area contributed by atoms with E-state index in [0.717, 1.165) is 0 Å². The van der Waals surface area contributed by atoms with Crippen LogP contribution in [-0.2, 0) is 14.8 Å². The van der Waals surface area contributed by atoms with Gasteiger partial charge in [-0.1, -0.05) is 41.9 Å². The number of hydrogen-bond acceptors (Lipinski definition) is 3. The van der Waals surface area contributed by atoms with E-state index in [1.54, 1.807) is 37.3 Å². The van der Waals surface area contributed by atoms with Crippen LogP contribution >= 0.6 is 11.6 Å². The van der Waals surface area contributed by atoms with Gasteiger partial charge in [-0.2, -0.15) is 0 Å². The highest BCUT2D eigenvalue weighted by atomic mass is 35.5. The molecule has 0 saturated carbocycles. The Morgan fingerprint density at radius 3 is 2.32 bits per heavy atom. The zero-order chi connectivity index (χ0) is 20.7. The molecule has 3 rings (SSSR count). The normalized spacial score (nSPS) is 16.0. The first kappa shape index (κ1) is 20.4. The van der Waals surface area contributed by atoms with Crippen molar-refractivity contribution in [3.05, 3.63) is 69.6 Å². The lowest BCUT2D eigenvalue weighted by Gasteiger charge is -2.34. The van der Waals surface area contributed by atoms with Crippen molar-refractivity contribution in [2.75, 3.05) is 10.8 Å². The molecule has 7 heteroatoms. The van der Waals surface area contributed by atoms with Crippen LogP contribution in [0.2, 0.25) is 5.02 Å². The number of sulfonamides is 1. The highest BCUT2D eigenvalue weighted by molar-refractivity contribution is 7.97. The molecule has 2 aromatic carbocycles. The summed E-state index contributed by atoms with van der Waals surface area (Å²) < 4.78 is 28.2. The van der Waals surface area contributed by atoms with Gasteiger partial charge in [0.2, 0.25) is 0 Å². The van der Waals surface area contributed by atoms with E-state index in [9.17, 15) is 13.2 Å². The lowest BCUT2D eigenvalue weighted by molar-refractivity contribution is -0.118. The summed E-state index contributed by atoms with van der Waals surface area (Å²) in [6.45, 7) is 7.37. The quantitative estimate of drug-likeness (QED) is 0.812. The molecule has 0 aromatic heterocycles. The fourth-order valence-electron chi connectivity index (χ4n) is 3.28. The van der Waals surface area contributed by atoms with Crippen LogP contribution in [0.4, 0.5) is 5.69 Å². The van der Waals surface area contributed by atoms with Crippen molar-refractivity contribution in [1.29, 1.82) is 0 Å². The smallest absolute Gasteiger partial charge is 0.270 e. The molecule has 1 amide bonds. The summed E-state index contributed by atoms with van der Waals surface area (Å²) in [5.41, 5.74) is 1.55. The number of hydrogen-bond donors (Lipinski definition) is 1. The first-order valence-electron chi connectivity index (χ1n) is 9.01. The van der Waals surface area contributed by atoms with Gasteiger partial charge in [0.1, 0.15) is 0 Å². The number of carbonyl (C=O) groups excluding carboxylic acids is 1. The number of nitrogens with one attached hydrogen (secondary N) is 1. The molecule has 1 aliphatic rings. The number of fused-ring (bicyclic) bond motifs is 1. The Morgan fingerprint density at radius 1 is 1.11 bits per heavy atom. The van der Waals surface area contributed by atoms with E-state index in [1.165, 1.54) is 4.31 Å². The first-order chi connectivity index (χ1) is 13.1. The largest absolute Gasteiger partial charge is 0.347 e. The molecule has 28 heavy (non-hydrogen) atoms. The molecule has 5 nitrogen and oxygen atoms in total. The second-order valence-electron chi connectivity index (χ2n) is 7.61. The van der Waals surface area contributed by atoms with E-state index < -0.39 is 21.5 Å². The van der Waals surface area contributed by atoms with Gasteiger partial charge in [0.15, 0.2) is 4.91 Å². The van der Waals surface area contributed by atoms with Gasteiger partial charge < -0.3 is 5.32 Å². The van der Waals surface area contributed by atoms with Crippen LogP contribution in [0.1, 0.15) is 38.8 Å². The summed E-state index contributed by atoms with van der Waals surface area (Å²) in [6.07, 6.45) is 0. The third-order valence-corrected chi connectivity index (χ3v) is 6.49. The third-order valence-electron chi connectivity index (χ3n) is 4.32. The number of halogens is 1. The standard InChI is InChI=1S/C21H23ClN2O3S/c1-5-24-17-12-11-15(22)13-16(17)18(14-9-7-6-8-10-14)19(28(24,26)27)20(25)23-21(2,3)4/h6-13H,5H2,1-4H3,(H,23,25). The average molecular weight is 419 g/mol. The summed E-state index contributed by atoms with van der Waals surface area (Å²) in [6, 6.07) is 14.1. The fraction of sp³-hybridized carbons (Fsp3) is 0.286. The van der Waals surface area contributed by atoms with Crippen molar-refractivity contribution < 1.29 is 13.2 Å². The van der Waals surface area contributed by atoms with Gasteiger partial charge in [-0.3, -0.25) is 9.10 Å². The van der Waals surface area contributed by atoms with Crippen LogP contribution in [0, 0.1) is 0 Å². The Morgan fingerprint density at radius 2 is 1.75 bits per heavy atom.